The van der Waals surface area contributed by atoms with Crippen LogP contribution in [0.1, 0.15) is 11.1 Å². The van der Waals surface area contributed by atoms with E-state index in [4.69, 9.17) is 17.3 Å². The molecule has 19 heavy (non-hydrogen) atoms. The number of fused-ring (bicyclic) bond motifs is 1. The Morgan fingerprint density at radius 2 is 1.84 bits per heavy atom. The smallest absolute Gasteiger partial charge is 0.0487 e. The number of hydrogen-bond acceptors (Lipinski definition) is 1. The van der Waals surface area contributed by atoms with Gasteiger partial charge in [0.2, 0.25) is 0 Å². The van der Waals surface area contributed by atoms with Crippen molar-refractivity contribution in [2.24, 2.45) is 5.73 Å². The van der Waals surface area contributed by atoms with E-state index in [0.717, 1.165) is 22.5 Å². The molecular formula is C16H15ClN2. The van der Waals surface area contributed by atoms with Crippen LogP contribution < -0.4 is 5.73 Å². The molecule has 3 aromatic rings. The maximum Gasteiger partial charge on any atom is 0.0487 e. The van der Waals surface area contributed by atoms with Crippen molar-refractivity contribution in [3.8, 4) is 0 Å². The normalized spacial score (nSPS) is 11.1. The second-order valence-corrected chi connectivity index (χ2v) is 5.07. The number of rotatable bonds is 3. The van der Waals surface area contributed by atoms with Crippen LogP contribution in [0.25, 0.3) is 10.9 Å². The van der Waals surface area contributed by atoms with E-state index < -0.39 is 0 Å². The number of nitrogens with zero attached hydrogens (tertiary/aromatic N) is 1. The second kappa shape index (κ2) is 5.08. The summed E-state index contributed by atoms with van der Waals surface area (Å²) in [6.07, 6.45) is 2.12. The van der Waals surface area contributed by atoms with Crippen LogP contribution in [0.15, 0.2) is 54.7 Å². The number of halogens is 1. The van der Waals surface area contributed by atoms with Gasteiger partial charge in [0.15, 0.2) is 0 Å². The Morgan fingerprint density at radius 1 is 1.05 bits per heavy atom. The van der Waals surface area contributed by atoms with Crippen LogP contribution in [0.2, 0.25) is 5.02 Å². The molecule has 0 fully saturated rings. The molecule has 0 amide bonds. The van der Waals surface area contributed by atoms with Crippen molar-refractivity contribution >= 4 is 22.5 Å². The predicted molar refractivity (Wildman–Crippen MR) is 80.4 cm³/mol. The van der Waals surface area contributed by atoms with Gasteiger partial charge in [0, 0.05) is 35.2 Å². The third kappa shape index (κ3) is 2.37. The molecule has 3 rings (SSSR count). The first-order valence-corrected chi connectivity index (χ1v) is 6.67. The van der Waals surface area contributed by atoms with Crippen molar-refractivity contribution in [2.45, 2.75) is 13.1 Å². The molecule has 0 aliphatic heterocycles. The summed E-state index contributed by atoms with van der Waals surface area (Å²) < 4.78 is 2.23. The molecule has 0 spiro atoms. The van der Waals surface area contributed by atoms with Gasteiger partial charge in [0.1, 0.15) is 0 Å². The van der Waals surface area contributed by atoms with E-state index in [2.05, 4.69) is 41.1 Å². The molecule has 0 aliphatic rings. The lowest BCUT2D eigenvalue weighted by atomic mass is 10.2. The fourth-order valence-electron chi connectivity index (χ4n) is 2.42. The minimum atomic E-state index is 0.526. The van der Waals surface area contributed by atoms with Gasteiger partial charge in [-0.05, 0) is 29.3 Å². The molecule has 1 aromatic heterocycles. The van der Waals surface area contributed by atoms with Gasteiger partial charge in [0.25, 0.3) is 0 Å². The van der Waals surface area contributed by atoms with Gasteiger partial charge in [-0.3, -0.25) is 0 Å². The van der Waals surface area contributed by atoms with Gasteiger partial charge in [-0.25, -0.2) is 0 Å². The van der Waals surface area contributed by atoms with Crippen LogP contribution in [0.5, 0.6) is 0 Å². The zero-order chi connectivity index (χ0) is 13.2. The maximum atomic E-state index is 6.07. The highest BCUT2D eigenvalue weighted by atomic mass is 35.5. The molecule has 1 heterocycles. The zero-order valence-corrected chi connectivity index (χ0v) is 11.3. The summed E-state index contributed by atoms with van der Waals surface area (Å²) in [5.74, 6) is 0. The maximum absolute atomic E-state index is 6.07. The minimum absolute atomic E-state index is 0.526. The molecule has 0 aliphatic carbocycles. The fraction of sp³-hybridized carbons (Fsp3) is 0.125. The zero-order valence-electron chi connectivity index (χ0n) is 10.5. The van der Waals surface area contributed by atoms with Crippen molar-refractivity contribution in [2.75, 3.05) is 0 Å². The third-order valence-electron chi connectivity index (χ3n) is 3.34. The molecule has 0 unspecified atom stereocenters. The van der Waals surface area contributed by atoms with Crippen LogP contribution in [-0.2, 0) is 13.1 Å². The fourth-order valence-corrected chi connectivity index (χ4v) is 2.59. The van der Waals surface area contributed by atoms with Crippen LogP contribution in [-0.4, -0.2) is 4.57 Å². The van der Waals surface area contributed by atoms with E-state index in [1.54, 1.807) is 0 Å². The molecule has 0 saturated carbocycles. The quantitative estimate of drug-likeness (QED) is 0.771. The Morgan fingerprint density at radius 3 is 2.58 bits per heavy atom. The van der Waals surface area contributed by atoms with E-state index in [0.29, 0.717) is 6.54 Å². The molecule has 0 bridgehead atoms. The van der Waals surface area contributed by atoms with Gasteiger partial charge in [-0.2, -0.15) is 0 Å². The van der Waals surface area contributed by atoms with Gasteiger partial charge in [-0.1, -0.05) is 41.9 Å². The highest BCUT2D eigenvalue weighted by molar-refractivity contribution is 6.31. The molecule has 0 radical (unpaired) electrons. The molecule has 2 aromatic carbocycles. The van der Waals surface area contributed by atoms with E-state index in [9.17, 15) is 0 Å². The summed E-state index contributed by atoms with van der Waals surface area (Å²) >= 11 is 6.07. The molecule has 0 atom stereocenters. The summed E-state index contributed by atoms with van der Waals surface area (Å²) in [7, 11) is 0. The van der Waals surface area contributed by atoms with Gasteiger partial charge < -0.3 is 10.3 Å². The van der Waals surface area contributed by atoms with Gasteiger partial charge in [0.05, 0.1) is 0 Å². The molecule has 3 heteroatoms. The lowest BCUT2D eigenvalue weighted by molar-refractivity contribution is 0.829. The molecule has 96 valence electrons. The Balaban J connectivity index is 2.09. The first-order chi connectivity index (χ1) is 9.28. The Bertz CT molecular complexity index is 701. The number of nitrogens with two attached hydrogens (primary N) is 1. The van der Waals surface area contributed by atoms with Crippen LogP contribution >= 0.6 is 11.6 Å². The number of aromatic nitrogens is 1. The monoisotopic (exact) mass is 270 g/mol. The molecular weight excluding hydrogens is 256 g/mol. The highest BCUT2D eigenvalue weighted by Crippen LogP contribution is 2.25. The van der Waals surface area contributed by atoms with Crippen molar-refractivity contribution in [3.05, 3.63) is 70.9 Å². The van der Waals surface area contributed by atoms with E-state index in [1.807, 2.05) is 18.2 Å². The lowest BCUT2D eigenvalue weighted by Crippen LogP contribution is -1.98. The van der Waals surface area contributed by atoms with Crippen molar-refractivity contribution < 1.29 is 0 Å². The Labute approximate surface area is 117 Å². The average Bonchev–Trinajstić information content (AvgIpc) is 2.77. The number of hydrogen-bond donors (Lipinski definition) is 1. The van der Waals surface area contributed by atoms with Gasteiger partial charge in [-0.15, -0.1) is 0 Å². The van der Waals surface area contributed by atoms with Crippen LogP contribution in [0, 0.1) is 0 Å². The van der Waals surface area contributed by atoms with Gasteiger partial charge >= 0.3 is 0 Å². The molecule has 2 N–H and O–H groups in total. The Hall–Kier alpha value is -1.77. The van der Waals surface area contributed by atoms with Crippen molar-refractivity contribution in [3.63, 3.8) is 0 Å². The molecule has 0 saturated heterocycles. The largest absolute Gasteiger partial charge is 0.343 e. The van der Waals surface area contributed by atoms with Crippen molar-refractivity contribution in [1.29, 1.82) is 0 Å². The predicted octanol–water partition coefficient (Wildman–Crippen LogP) is 3.80. The summed E-state index contributed by atoms with van der Waals surface area (Å²) in [4.78, 5) is 0. The highest BCUT2D eigenvalue weighted by Gasteiger charge is 2.08. The topological polar surface area (TPSA) is 30.9 Å². The summed E-state index contributed by atoms with van der Waals surface area (Å²) in [6, 6.07) is 16.4. The number of benzene rings is 2. The van der Waals surface area contributed by atoms with E-state index in [1.165, 1.54) is 11.1 Å². The SMILES string of the molecule is NCc1cn(Cc2ccccc2)c2ccc(Cl)cc12. The first kappa shape index (κ1) is 12.3. The lowest BCUT2D eigenvalue weighted by Gasteiger charge is -2.05. The van der Waals surface area contributed by atoms with E-state index >= 15 is 0 Å². The summed E-state index contributed by atoms with van der Waals surface area (Å²) in [5.41, 5.74) is 9.40. The minimum Gasteiger partial charge on any atom is -0.343 e. The average molecular weight is 271 g/mol. The summed E-state index contributed by atoms with van der Waals surface area (Å²) in [6.45, 7) is 1.37. The Kier molecular flexibility index (Phi) is 3.28. The third-order valence-corrected chi connectivity index (χ3v) is 3.58. The van der Waals surface area contributed by atoms with E-state index in [-0.39, 0.29) is 0 Å². The molecule has 2 nitrogen and oxygen atoms in total. The second-order valence-electron chi connectivity index (χ2n) is 4.63. The van der Waals surface area contributed by atoms with Crippen LogP contribution in [0.4, 0.5) is 0 Å². The summed E-state index contributed by atoms with van der Waals surface area (Å²) in [5, 5.41) is 1.89. The van der Waals surface area contributed by atoms with Crippen LogP contribution in [0.3, 0.4) is 0 Å². The first-order valence-electron chi connectivity index (χ1n) is 6.29. The standard InChI is InChI=1S/C16H15ClN2/c17-14-6-7-16-15(8-14)13(9-18)11-19(16)10-12-4-2-1-3-5-12/h1-8,11H,9-10,18H2. The van der Waals surface area contributed by atoms with Crippen molar-refractivity contribution in [1.82, 2.24) is 4.57 Å².